The first-order valence-electron chi connectivity index (χ1n) is 25.1. The van der Waals surface area contributed by atoms with Gasteiger partial charge in [-0.25, -0.2) is 0 Å². The molecule has 0 saturated carbocycles. The number of pyridine rings is 4. The molecule has 0 spiro atoms. The molecule has 0 N–H and O–H groups in total. The average molecular weight is 1140 g/mol. The second-order valence-corrected chi connectivity index (χ2v) is 18.6. The van der Waals surface area contributed by atoms with E-state index in [2.05, 4.69) is 243 Å². The minimum atomic E-state index is -0.664. The smallest absolute Gasteiger partial charge is 0.300 e. The van der Waals surface area contributed by atoms with Crippen LogP contribution in [0.25, 0.3) is 67.3 Å². The fourth-order valence-electron chi connectivity index (χ4n) is 11.4. The van der Waals surface area contributed by atoms with E-state index >= 15 is 0 Å². The summed E-state index contributed by atoms with van der Waals surface area (Å²) < 4.78 is 0. The van der Waals surface area contributed by atoms with Crippen molar-refractivity contribution in [3.63, 3.8) is 0 Å². The molecule has 14 rings (SSSR count). The van der Waals surface area contributed by atoms with Crippen LogP contribution in [0.1, 0.15) is 45.0 Å². The minimum Gasteiger partial charge on any atom is -0.300 e. The maximum atomic E-state index is 5.33. The van der Waals surface area contributed by atoms with Gasteiger partial charge in [-0.1, -0.05) is 194 Å². The van der Waals surface area contributed by atoms with Gasteiger partial charge in [0, 0.05) is 11.1 Å². The van der Waals surface area contributed by atoms with Crippen LogP contribution in [0.4, 0.5) is 0 Å². The molecule has 12 aromatic rings. The van der Waals surface area contributed by atoms with Crippen LogP contribution in [0.3, 0.4) is 0 Å². The molecule has 5 heteroatoms. The summed E-state index contributed by atoms with van der Waals surface area (Å²) in [4.78, 5) is 21.3. The van der Waals surface area contributed by atoms with Crippen molar-refractivity contribution in [1.29, 1.82) is 0 Å². The third-order valence-corrected chi connectivity index (χ3v) is 14.5. The maximum absolute atomic E-state index is 5.33. The van der Waals surface area contributed by atoms with Crippen molar-refractivity contribution in [2.45, 2.75) is 10.8 Å². The number of nitrogens with zero attached hydrogens (tertiary/aromatic N) is 4. The zero-order valence-electron chi connectivity index (χ0n) is 40.7. The normalized spacial score (nSPS) is 12.9. The van der Waals surface area contributed by atoms with Gasteiger partial charge in [0.05, 0.1) is 34.2 Å². The molecular weight excluding hydrogens is 1090 g/mol. The van der Waals surface area contributed by atoms with Gasteiger partial charge in [0.2, 0.25) is 0 Å². The number of hydrogen-bond donors (Lipinski definition) is 0. The topological polar surface area (TPSA) is 51.6 Å². The van der Waals surface area contributed by atoms with Crippen molar-refractivity contribution >= 4 is 0 Å². The number of benzene rings is 8. The zero-order valence-corrected chi connectivity index (χ0v) is 42.9. The van der Waals surface area contributed by atoms with E-state index in [4.69, 9.17) is 19.9 Å². The summed E-state index contributed by atoms with van der Waals surface area (Å²) in [5.41, 5.74) is 20.1. The summed E-state index contributed by atoms with van der Waals surface area (Å²) in [5, 5.41) is 0. The molecule has 75 heavy (non-hydrogen) atoms. The molecule has 0 saturated heterocycles. The quantitative estimate of drug-likeness (QED) is 0.142. The van der Waals surface area contributed by atoms with Crippen molar-refractivity contribution in [3.05, 3.63) is 336 Å². The Labute approximate surface area is 452 Å². The van der Waals surface area contributed by atoms with Gasteiger partial charge in [-0.2, -0.15) is 0 Å². The molecule has 0 radical (unpaired) electrons. The van der Waals surface area contributed by atoms with E-state index in [-0.39, 0.29) is 21.1 Å². The zero-order chi connectivity index (χ0) is 49.3. The van der Waals surface area contributed by atoms with Gasteiger partial charge in [0.25, 0.3) is 0 Å². The molecule has 4 aromatic heterocycles. The van der Waals surface area contributed by atoms with Gasteiger partial charge in [0.1, 0.15) is 10.8 Å². The fraction of sp³-hybridized carbons (Fsp3) is 0.0286. The van der Waals surface area contributed by atoms with E-state index in [9.17, 15) is 0 Å². The first-order valence-corrected chi connectivity index (χ1v) is 25.1. The van der Waals surface area contributed by atoms with E-state index < -0.39 is 10.8 Å². The van der Waals surface area contributed by atoms with E-state index in [1.165, 1.54) is 44.5 Å². The molecule has 0 atom stereocenters. The van der Waals surface area contributed by atoms with Crippen molar-refractivity contribution in [1.82, 2.24) is 19.9 Å². The van der Waals surface area contributed by atoms with Crippen molar-refractivity contribution in [2.75, 3.05) is 0 Å². The summed E-state index contributed by atoms with van der Waals surface area (Å²) in [6, 6.07) is 103. The molecule has 2 aliphatic carbocycles. The molecule has 8 aromatic carbocycles. The van der Waals surface area contributed by atoms with Gasteiger partial charge in [-0.05, 0) is 92.3 Å². The van der Waals surface area contributed by atoms with Crippen molar-refractivity contribution < 1.29 is 21.1 Å². The SMILES string of the molecule is [Pt+2].[c-]1ccccc1-c1cccc(C2(c3cccc(-c4[c-]cccc4)n3)c3ccccc3-c3ccccc32)n1.c1ccc(-c2cccc(C3(c4cccc(-c5ccccc5)n4)c4ccccc4-c4ccccc43)n2)cc1. The maximum Gasteiger partial charge on any atom is 2.00 e. The second kappa shape index (κ2) is 20.2. The largest absolute Gasteiger partial charge is 2.00 e. The molecule has 356 valence electrons. The molecule has 0 amide bonds. The summed E-state index contributed by atoms with van der Waals surface area (Å²) >= 11 is 0. The van der Waals surface area contributed by atoms with Crippen molar-refractivity contribution in [3.8, 4) is 67.3 Å². The Morgan fingerprint density at radius 3 is 0.840 bits per heavy atom. The van der Waals surface area contributed by atoms with Crippen molar-refractivity contribution in [2.24, 2.45) is 0 Å². The average Bonchev–Trinajstić information content (AvgIpc) is 3.98. The molecular formula is C70H46N4Pt. The van der Waals surface area contributed by atoms with Crippen LogP contribution in [0.5, 0.6) is 0 Å². The Hall–Kier alpha value is -8.95. The summed E-state index contributed by atoms with van der Waals surface area (Å²) in [6.45, 7) is 0. The predicted octanol–water partition coefficient (Wildman–Crippen LogP) is 15.9. The van der Waals surface area contributed by atoms with E-state index in [1.807, 2.05) is 48.5 Å². The number of rotatable bonds is 8. The number of aromatic nitrogens is 4. The molecule has 4 heterocycles. The van der Waals surface area contributed by atoms with Crippen LogP contribution in [0.15, 0.2) is 279 Å². The van der Waals surface area contributed by atoms with Crippen LogP contribution < -0.4 is 0 Å². The van der Waals surface area contributed by atoms with Crippen LogP contribution in [0, 0.1) is 12.1 Å². The Balaban J connectivity index is 0.000000150. The van der Waals surface area contributed by atoms with Crippen LogP contribution in [-0.4, -0.2) is 19.9 Å². The Morgan fingerprint density at radius 2 is 0.520 bits per heavy atom. The standard InChI is InChI=1S/C35H24N2.C35H22N2.Pt/c2*1-3-13-25(14-4-1)31-21-11-23-33(36-31)35(34-24-12-22-32(37-34)26-15-5-2-6-16-26)29-19-9-7-17-27(29)28-18-8-10-20-30(28)35;/h1-24H;1-13,15,17-24H;/q;-2;+2. The summed E-state index contributed by atoms with van der Waals surface area (Å²) in [7, 11) is 0. The third kappa shape index (κ3) is 8.07. The van der Waals surface area contributed by atoms with E-state index in [0.29, 0.717) is 0 Å². The van der Waals surface area contributed by atoms with Crippen LogP contribution in [0.2, 0.25) is 0 Å². The second-order valence-electron chi connectivity index (χ2n) is 18.6. The monoisotopic (exact) mass is 1140 g/mol. The Kier molecular flexibility index (Phi) is 12.7. The molecule has 2 aliphatic rings. The third-order valence-electron chi connectivity index (χ3n) is 14.5. The predicted molar refractivity (Wildman–Crippen MR) is 298 cm³/mol. The Bertz CT molecular complexity index is 3450. The number of hydrogen-bond acceptors (Lipinski definition) is 4. The van der Waals surface area contributed by atoms with Crippen LogP contribution >= 0.6 is 0 Å². The summed E-state index contributed by atoms with van der Waals surface area (Å²) in [6.07, 6.45) is 0. The molecule has 4 nitrogen and oxygen atoms in total. The Morgan fingerprint density at radius 1 is 0.240 bits per heavy atom. The van der Waals surface area contributed by atoms with Gasteiger partial charge >= 0.3 is 21.1 Å². The molecule has 0 aliphatic heterocycles. The summed E-state index contributed by atoms with van der Waals surface area (Å²) in [5.74, 6) is 0. The first kappa shape index (κ1) is 47.1. The van der Waals surface area contributed by atoms with Crippen LogP contribution in [-0.2, 0) is 31.9 Å². The fourth-order valence-corrected chi connectivity index (χ4v) is 11.4. The van der Waals surface area contributed by atoms with E-state index in [0.717, 1.165) is 67.8 Å². The number of fused-ring (bicyclic) bond motifs is 6. The minimum absolute atomic E-state index is 0. The van der Waals surface area contributed by atoms with Gasteiger partial charge in [0.15, 0.2) is 0 Å². The van der Waals surface area contributed by atoms with E-state index in [1.54, 1.807) is 0 Å². The molecule has 0 bridgehead atoms. The molecule has 0 fully saturated rings. The van der Waals surface area contributed by atoms with Gasteiger partial charge < -0.3 is 0 Å². The van der Waals surface area contributed by atoms with Gasteiger partial charge in [-0.3, -0.25) is 19.9 Å². The first-order chi connectivity index (χ1) is 36.7. The van der Waals surface area contributed by atoms with Gasteiger partial charge in [-0.15, -0.1) is 71.8 Å². The molecule has 0 unspecified atom stereocenters.